The van der Waals surface area contributed by atoms with Crippen LogP contribution in [0.1, 0.15) is 44.9 Å². The predicted octanol–water partition coefficient (Wildman–Crippen LogP) is 4.52. The fraction of sp³-hybridized carbons (Fsp3) is 0.650. The second-order valence-corrected chi connectivity index (χ2v) is 8.43. The zero-order valence-corrected chi connectivity index (χ0v) is 16.6. The van der Waals surface area contributed by atoms with Gasteiger partial charge in [0.05, 0.1) is 10.0 Å². The van der Waals surface area contributed by atoms with Gasteiger partial charge in [-0.25, -0.2) is 0 Å². The summed E-state index contributed by atoms with van der Waals surface area (Å²) in [6, 6.07) is 5.45. The number of piperidine rings is 1. The summed E-state index contributed by atoms with van der Waals surface area (Å²) in [7, 11) is 0. The van der Waals surface area contributed by atoms with E-state index in [0.717, 1.165) is 64.1 Å². The molecule has 0 bridgehead atoms. The summed E-state index contributed by atoms with van der Waals surface area (Å²) in [5.74, 6) is 1.34. The molecule has 0 unspecified atom stereocenters. The molecule has 2 fully saturated rings. The number of likely N-dealkylation sites (tertiary alicyclic amines) is 1. The minimum Gasteiger partial charge on any atom is -0.487 e. The van der Waals surface area contributed by atoms with Crippen molar-refractivity contribution in [3.05, 3.63) is 28.2 Å². The third kappa shape index (κ3) is 5.28. The van der Waals surface area contributed by atoms with E-state index in [9.17, 15) is 4.79 Å². The minimum atomic E-state index is -0.121. The van der Waals surface area contributed by atoms with Crippen LogP contribution in [0.15, 0.2) is 18.2 Å². The fourth-order valence-corrected chi connectivity index (χ4v) is 4.60. The topological polar surface area (TPSA) is 55.6 Å². The number of primary amides is 1. The summed E-state index contributed by atoms with van der Waals surface area (Å²) >= 11 is 12.4. The molecule has 1 heterocycles. The molecule has 26 heavy (non-hydrogen) atoms. The van der Waals surface area contributed by atoms with Gasteiger partial charge in [-0.05, 0) is 69.5 Å². The van der Waals surface area contributed by atoms with Crippen molar-refractivity contribution in [1.29, 1.82) is 0 Å². The Balaban J connectivity index is 1.37. The molecule has 0 spiro atoms. The summed E-state index contributed by atoms with van der Waals surface area (Å²) < 4.78 is 6.06. The number of amides is 1. The average molecular weight is 399 g/mol. The van der Waals surface area contributed by atoms with Crippen LogP contribution in [-0.2, 0) is 4.79 Å². The summed E-state index contributed by atoms with van der Waals surface area (Å²) in [6.45, 7) is 3.22. The first-order valence-electron chi connectivity index (χ1n) is 9.65. The summed E-state index contributed by atoms with van der Waals surface area (Å²) in [5.41, 5.74) is 5.41. The van der Waals surface area contributed by atoms with Crippen molar-refractivity contribution in [3.63, 3.8) is 0 Å². The van der Waals surface area contributed by atoms with Crippen LogP contribution >= 0.6 is 23.2 Å². The molecular weight excluding hydrogens is 371 g/mol. The maximum absolute atomic E-state index is 11.3. The lowest BCUT2D eigenvalue weighted by molar-refractivity contribution is -0.123. The van der Waals surface area contributed by atoms with Crippen LogP contribution in [0.3, 0.4) is 0 Å². The number of benzene rings is 1. The molecule has 1 aliphatic carbocycles. The van der Waals surface area contributed by atoms with Gasteiger partial charge in [-0.3, -0.25) is 4.79 Å². The van der Waals surface area contributed by atoms with Gasteiger partial charge in [0.1, 0.15) is 6.10 Å². The number of hydrogen-bond acceptors (Lipinski definition) is 3. The van der Waals surface area contributed by atoms with Crippen molar-refractivity contribution in [2.75, 3.05) is 19.6 Å². The molecule has 4 nitrogen and oxygen atoms in total. The molecule has 1 aromatic carbocycles. The number of halogens is 2. The van der Waals surface area contributed by atoms with E-state index in [-0.39, 0.29) is 17.9 Å². The molecule has 1 aliphatic heterocycles. The van der Waals surface area contributed by atoms with Gasteiger partial charge in [0.15, 0.2) is 5.75 Å². The monoisotopic (exact) mass is 398 g/mol. The Morgan fingerprint density at radius 1 is 1.08 bits per heavy atom. The zero-order chi connectivity index (χ0) is 18.5. The number of ether oxygens (including phenoxy) is 1. The first-order chi connectivity index (χ1) is 12.5. The molecule has 1 saturated heterocycles. The van der Waals surface area contributed by atoms with Gasteiger partial charge in [0.25, 0.3) is 0 Å². The minimum absolute atomic E-state index is 0.107. The third-order valence-corrected chi connectivity index (χ3v) is 6.44. The average Bonchev–Trinajstić information content (AvgIpc) is 2.64. The van der Waals surface area contributed by atoms with Gasteiger partial charge in [-0.2, -0.15) is 0 Å². The molecule has 0 aromatic heterocycles. The van der Waals surface area contributed by atoms with E-state index in [2.05, 4.69) is 4.90 Å². The normalized spacial score (nSPS) is 25.2. The van der Waals surface area contributed by atoms with Crippen molar-refractivity contribution in [1.82, 2.24) is 4.90 Å². The van der Waals surface area contributed by atoms with Crippen molar-refractivity contribution in [2.24, 2.45) is 17.6 Å². The number of nitrogens with zero attached hydrogens (tertiary/aromatic N) is 1. The molecule has 3 rings (SSSR count). The van der Waals surface area contributed by atoms with Crippen molar-refractivity contribution in [3.8, 4) is 5.75 Å². The van der Waals surface area contributed by atoms with E-state index in [4.69, 9.17) is 33.7 Å². The third-order valence-electron chi connectivity index (χ3n) is 5.84. The van der Waals surface area contributed by atoms with Crippen LogP contribution in [0.2, 0.25) is 10.0 Å². The Hall–Kier alpha value is -0.970. The highest BCUT2D eigenvalue weighted by Gasteiger charge is 2.26. The number of carbonyl (C=O) groups excluding carboxylic acids is 1. The SMILES string of the molecule is NC(=O)C1CCC(CCN2CCC(Oc3c(Cl)cccc3Cl)CC2)CC1. The van der Waals surface area contributed by atoms with Crippen molar-refractivity contribution in [2.45, 2.75) is 51.0 Å². The Morgan fingerprint density at radius 2 is 1.69 bits per heavy atom. The second-order valence-electron chi connectivity index (χ2n) is 7.62. The molecule has 1 amide bonds. The summed E-state index contributed by atoms with van der Waals surface area (Å²) in [5, 5.41) is 1.15. The number of hydrogen-bond donors (Lipinski definition) is 1. The van der Waals surface area contributed by atoms with Gasteiger partial charge >= 0.3 is 0 Å². The van der Waals surface area contributed by atoms with Crippen molar-refractivity contribution >= 4 is 29.1 Å². The summed E-state index contributed by atoms with van der Waals surface area (Å²) in [4.78, 5) is 13.8. The van der Waals surface area contributed by atoms with E-state index < -0.39 is 0 Å². The second kappa shape index (κ2) is 9.29. The summed E-state index contributed by atoms with van der Waals surface area (Å²) in [6.07, 6.45) is 7.59. The number of nitrogens with two attached hydrogens (primary N) is 1. The molecule has 2 N–H and O–H groups in total. The lowest BCUT2D eigenvalue weighted by Gasteiger charge is -2.34. The maximum atomic E-state index is 11.3. The quantitative estimate of drug-likeness (QED) is 0.765. The lowest BCUT2D eigenvalue weighted by Crippen LogP contribution is -2.39. The highest BCUT2D eigenvalue weighted by molar-refractivity contribution is 6.37. The Labute approximate surface area is 166 Å². The van der Waals surface area contributed by atoms with E-state index in [1.807, 2.05) is 18.2 Å². The van der Waals surface area contributed by atoms with Gasteiger partial charge in [0, 0.05) is 19.0 Å². The van der Waals surface area contributed by atoms with E-state index in [1.165, 1.54) is 6.42 Å². The number of carbonyl (C=O) groups is 1. The van der Waals surface area contributed by atoms with E-state index >= 15 is 0 Å². The van der Waals surface area contributed by atoms with Gasteiger partial charge in [-0.1, -0.05) is 29.3 Å². The zero-order valence-electron chi connectivity index (χ0n) is 15.1. The van der Waals surface area contributed by atoms with Gasteiger partial charge < -0.3 is 15.4 Å². The molecule has 1 saturated carbocycles. The molecule has 0 atom stereocenters. The van der Waals surface area contributed by atoms with Crippen LogP contribution in [0.5, 0.6) is 5.75 Å². The Bertz CT molecular complexity index is 590. The van der Waals surface area contributed by atoms with E-state index in [0.29, 0.717) is 15.8 Å². The first-order valence-corrected chi connectivity index (χ1v) is 10.4. The Morgan fingerprint density at radius 3 is 2.27 bits per heavy atom. The Kier molecular flexibility index (Phi) is 7.07. The smallest absolute Gasteiger partial charge is 0.220 e. The standard InChI is InChI=1S/C20H28Cl2N2O2/c21-17-2-1-3-18(22)19(17)26-16-9-12-24(13-10-16)11-8-14-4-6-15(7-5-14)20(23)25/h1-3,14-16H,4-13H2,(H2,23,25). The molecule has 2 aliphatic rings. The maximum Gasteiger partial charge on any atom is 0.220 e. The first kappa shape index (κ1) is 19.8. The largest absolute Gasteiger partial charge is 0.487 e. The number of rotatable bonds is 6. The van der Waals surface area contributed by atoms with Gasteiger partial charge in [-0.15, -0.1) is 0 Å². The van der Waals surface area contributed by atoms with E-state index in [1.54, 1.807) is 0 Å². The highest BCUT2D eigenvalue weighted by Crippen LogP contribution is 2.35. The lowest BCUT2D eigenvalue weighted by atomic mass is 9.80. The number of para-hydroxylation sites is 1. The van der Waals surface area contributed by atoms with Crippen LogP contribution < -0.4 is 10.5 Å². The van der Waals surface area contributed by atoms with Crippen molar-refractivity contribution < 1.29 is 9.53 Å². The fourth-order valence-electron chi connectivity index (χ4n) is 4.11. The van der Waals surface area contributed by atoms with Crippen LogP contribution in [0.25, 0.3) is 0 Å². The van der Waals surface area contributed by atoms with Gasteiger partial charge in [0.2, 0.25) is 5.91 Å². The molecule has 6 heteroatoms. The van der Waals surface area contributed by atoms with Crippen LogP contribution in [0.4, 0.5) is 0 Å². The van der Waals surface area contributed by atoms with Crippen LogP contribution in [-0.4, -0.2) is 36.5 Å². The highest BCUT2D eigenvalue weighted by atomic mass is 35.5. The molecule has 0 radical (unpaired) electrons. The predicted molar refractivity (Wildman–Crippen MR) is 106 cm³/mol. The molecule has 144 valence electrons. The van der Waals surface area contributed by atoms with Crippen LogP contribution in [0, 0.1) is 11.8 Å². The molecule has 1 aromatic rings. The molecular formula is C20H28Cl2N2O2.